The Bertz CT molecular complexity index is 763. The fourth-order valence-electron chi connectivity index (χ4n) is 2.78. The summed E-state index contributed by atoms with van der Waals surface area (Å²) in [6.45, 7) is 4.63. The maximum Gasteiger partial charge on any atom is 0.234 e. The third kappa shape index (κ3) is 3.41. The molecule has 1 aliphatic rings. The number of hydrogen-bond acceptors (Lipinski definition) is 6. The number of nitrogens with zero attached hydrogens (tertiary/aromatic N) is 5. The monoisotopic (exact) mass is 329 g/mol. The third-order valence-electron chi connectivity index (χ3n) is 4.05. The van der Waals surface area contributed by atoms with E-state index in [4.69, 9.17) is 9.84 Å². The average Bonchev–Trinajstić information content (AvgIpc) is 3.15. The van der Waals surface area contributed by atoms with Crippen molar-refractivity contribution in [1.29, 1.82) is 0 Å². The van der Waals surface area contributed by atoms with Crippen molar-refractivity contribution in [1.82, 2.24) is 24.7 Å². The number of morpholine rings is 1. The van der Waals surface area contributed by atoms with Gasteiger partial charge in [-0.15, -0.1) is 10.2 Å². The highest BCUT2D eigenvalue weighted by molar-refractivity contribution is 7.16. The Balaban J connectivity index is 1.46. The molecule has 4 rings (SSSR count). The van der Waals surface area contributed by atoms with Crippen LogP contribution in [-0.4, -0.2) is 57.6 Å². The van der Waals surface area contributed by atoms with E-state index in [2.05, 4.69) is 39.4 Å². The van der Waals surface area contributed by atoms with Gasteiger partial charge in [0.1, 0.15) is 5.01 Å². The molecule has 1 fully saturated rings. The third-order valence-corrected chi connectivity index (χ3v) is 4.95. The van der Waals surface area contributed by atoms with Crippen molar-refractivity contribution in [3.63, 3.8) is 0 Å². The molecule has 0 aliphatic carbocycles. The lowest BCUT2D eigenvalue weighted by atomic mass is 10.2. The molecule has 6 nitrogen and oxygen atoms in total. The Morgan fingerprint density at radius 1 is 1.09 bits per heavy atom. The number of hydrogen-bond donors (Lipinski definition) is 0. The Labute approximate surface area is 138 Å². The van der Waals surface area contributed by atoms with Gasteiger partial charge in [0, 0.05) is 32.5 Å². The van der Waals surface area contributed by atoms with Crippen molar-refractivity contribution in [2.24, 2.45) is 0 Å². The largest absolute Gasteiger partial charge is 0.379 e. The second-order valence-corrected chi connectivity index (χ2v) is 6.71. The van der Waals surface area contributed by atoms with Crippen LogP contribution in [-0.2, 0) is 17.6 Å². The molecule has 0 saturated carbocycles. The fraction of sp³-hybridized carbons (Fsp3) is 0.438. The molecule has 1 aromatic carbocycles. The first-order valence-corrected chi connectivity index (χ1v) is 8.74. The lowest BCUT2D eigenvalue weighted by molar-refractivity contribution is 0.0382. The van der Waals surface area contributed by atoms with Gasteiger partial charge in [-0.25, -0.2) is 0 Å². The maximum atomic E-state index is 5.38. The highest BCUT2D eigenvalue weighted by atomic mass is 32.1. The van der Waals surface area contributed by atoms with Gasteiger partial charge in [-0.3, -0.25) is 4.90 Å². The van der Waals surface area contributed by atoms with Crippen LogP contribution in [0.15, 0.2) is 30.3 Å². The topological polar surface area (TPSA) is 55.5 Å². The number of fused-ring (bicyclic) bond motifs is 1. The predicted octanol–water partition coefficient (Wildman–Crippen LogP) is 1.65. The first-order valence-electron chi connectivity index (χ1n) is 7.92. The fourth-order valence-corrected chi connectivity index (χ4v) is 3.66. The molecule has 0 atom stereocenters. The van der Waals surface area contributed by atoms with Crippen molar-refractivity contribution in [3.8, 4) is 0 Å². The van der Waals surface area contributed by atoms with Crippen LogP contribution in [0.25, 0.3) is 4.96 Å². The number of ether oxygens (including phenoxy) is 1. The zero-order valence-corrected chi connectivity index (χ0v) is 13.7. The molecule has 120 valence electrons. The summed E-state index contributed by atoms with van der Waals surface area (Å²) in [6.07, 6.45) is 1.72. The van der Waals surface area contributed by atoms with E-state index in [1.54, 1.807) is 11.3 Å². The van der Waals surface area contributed by atoms with E-state index >= 15 is 0 Å². The van der Waals surface area contributed by atoms with E-state index in [0.717, 1.165) is 61.5 Å². The molecule has 0 radical (unpaired) electrons. The minimum atomic E-state index is 0.827. The molecule has 0 spiro atoms. The van der Waals surface area contributed by atoms with Gasteiger partial charge in [0.2, 0.25) is 4.96 Å². The Morgan fingerprint density at radius 3 is 2.74 bits per heavy atom. The Hall–Kier alpha value is -1.83. The van der Waals surface area contributed by atoms with Gasteiger partial charge in [0.15, 0.2) is 5.82 Å². The summed E-state index contributed by atoms with van der Waals surface area (Å²) in [4.78, 5) is 3.29. The van der Waals surface area contributed by atoms with Crippen LogP contribution < -0.4 is 0 Å². The normalized spacial score (nSPS) is 16.2. The van der Waals surface area contributed by atoms with E-state index in [0.29, 0.717) is 0 Å². The predicted molar refractivity (Wildman–Crippen MR) is 88.9 cm³/mol. The molecule has 0 bridgehead atoms. The standard InChI is InChI=1S/C16H19N5OS/c1-2-4-13(5-3-1)12-15-19-21-14(17-18-16(21)23-15)6-7-20-8-10-22-11-9-20/h1-5H,6-12H2. The molecule has 3 aromatic rings. The van der Waals surface area contributed by atoms with Crippen LogP contribution in [0.1, 0.15) is 16.4 Å². The van der Waals surface area contributed by atoms with E-state index < -0.39 is 0 Å². The van der Waals surface area contributed by atoms with Crippen LogP contribution in [0.3, 0.4) is 0 Å². The van der Waals surface area contributed by atoms with Crippen molar-refractivity contribution >= 4 is 16.3 Å². The van der Waals surface area contributed by atoms with Crippen LogP contribution in [0.2, 0.25) is 0 Å². The summed E-state index contributed by atoms with van der Waals surface area (Å²) in [5, 5.41) is 14.3. The highest BCUT2D eigenvalue weighted by Crippen LogP contribution is 2.17. The summed E-state index contributed by atoms with van der Waals surface area (Å²) in [7, 11) is 0. The lowest BCUT2D eigenvalue weighted by Gasteiger charge is -2.25. The minimum Gasteiger partial charge on any atom is -0.379 e. The second kappa shape index (κ2) is 6.74. The van der Waals surface area contributed by atoms with E-state index in [9.17, 15) is 0 Å². The first-order chi connectivity index (χ1) is 11.4. The molecule has 2 aromatic heterocycles. The maximum absolute atomic E-state index is 5.38. The second-order valence-electron chi connectivity index (χ2n) is 5.67. The Morgan fingerprint density at radius 2 is 1.91 bits per heavy atom. The smallest absolute Gasteiger partial charge is 0.234 e. The lowest BCUT2D eigenvalue weighted by Crippen LogP contribution is -2.37. The van der Waals surface area contributed by atoms with Crippen molar-refractivity contribution < 1.29 is 4.74 Å². The zero-order valence-electron chi connectivity index (χ0n) is 12.9. The SMILES string of the molecule is c1ccc(Cc2nn3c(CCN4CCOCC4)nnc3s2)cc1. The van der Waals surface area contributed by atoms with Gasteiger partial charge >= 0.3 is 0 Å². The molecule has 0 unspecified atom stereocenters. The number of benzene rings is 1. The van der Waals surface area contributed by atoms with Gasteiger partial charge in [0.05, 0.1) is 13.2 Å². The summed E-state index contributed by atoms with van der Waals surface area (Å²) < 4.78 is 7.29. The van der Waals surface area contributed by atoms with Crippen molar-refractivity contribution in [3.05, 3.63) is 46.7 Å². The molecule has 23 heavy (non-hydrogen) atoms. The highest BCUT2D eigenvalue weighted by Gasteiger charge is 2.15. The molecule has 0 amide bonds. The van der Waals surface area contributed by atoms with Crippen LogP contribution in [0, 0.1) is 0 Å². The summed E-state index contributed by atoms with van der Waals surface area (Å²) in [5.41, 5.74) is 1.27. The molecule has 1 aliphatic heterocycles. The summed E-state index contributed by atoms with van der Waals surface area (Å²) in [5.74, 6) is 0.946. The molecule has 7 heteroatoms. The minimum absolute atomic E-state index is 0.827. The molecule has 0 N–H and O–H groups in total. The van der Waals surface area contributed by atoms with Gasteiger partial charge in [-0.1, -0.05) is 41.7 Å². The quantitative estimate of drug-likeness (QED) is 0.712. The van der Waals surface area contributed by atoms with E-state index in [1.807, 2.05) is 10.6 Å². The number of aromatic nitrogens is 4. The van der Waals surface area contributed by atoms with Crippen molar-refractivity contribution in [2.75, 3.05) is 32.8 Å². The van der Waals surface area contributed by atoms with Gasteiger partial charge in [0.25, 0.3) is 0 Å². The molecular weight excluding hydrogens is 310 g/mol. The molecular formula is C16H19N5OS. The van der Waals surface area contributed by atoms with Gasteiger partial charge < -0.3 is 4.74 Å². The average molecular weight is 329 g/mol. The molecule has 3 heterocycles. The zero-order chi connectivity index (χ0) is 15.5. The van der Waals surface area contributed by atoms with E-state index in [-0.39, 0.29) is 0 Å². The van der Waals surface area contributed by atoms with E-state index in [1.165, 1.54) is 5.56 Å². The molecule has 1 saturated heterocycles. The van der Waals surface area contributed by atoms with Crippen molar-refractivity contribution in [2.45, 2.75) is 12.8 Å². The number of rotatable bonds is 5. The summed E-state index contributed by atoms with van der Waals surface area (Å²) in [6, 6.07) is 10.4. The van der Waals surface area contributed by atoms with Crippen LogP contribution >= 0.6 is 11.3 Å². The van der Waals surface area contributed by atoms with Gasteiger partial charge in [-0.2, -0.15) is 9.61 Å². The summed E-state index contributed by atoms with van der Waals surface area (Å²) >= 11 is 1.62. The van der Waals surface area contributed by atoms with Gasteiger partial charge in [-0.05, 0) is 5.56 Å². The first kappa shape index (κ1) is 14.7. The van der Waals surface area contributed by atoms with Crippen LogP contribution in [0.5, 0.6) is 0 Å². The Kier molecular flexibility index (Phi) is 4.32. The van der Waals surface area contributed by atoms with Crippen LogP contribution in [0.4, 0.5) is 0 Å².